The Bertz CT molecular complexity index is 1150. The molecule has 29 heavy (non-hydrogen) atoms. The third kappa shape index (κ3) is 2.62. The van der Waals surface area contributed by atoms with Gasteiger partial charge in [0, 0.05) is 15.0 Å². The molecule has 2 aromatic rings. The molecule has 0 saturated carbocycles. The smallest absolute Gasteiger partial charge is 0.166 e. The van der Waals surface area contributed by atoms with E-state index in [-0.39, 0.29) is 26.7 Å². The quantitative estimate of drug-likeness (QED) is 0.418. The molecular formula is C22H18F6Si. The number of hydrogen-bond donors (Lipinski definition) is 0. The third-order valence-electron chi connectivity index (χ3n) is 6.49. The normalized spacial score (nSPS) is 21.0. The summed E-state index contributed by atoms with van der Waals surface area (Å²) in [7, 11) is -0.0145. The van der Waals surface area contributed by atoms with Crippen molar-refractivity contribution < 1.29 is 26.3 Å². The van der Waals surface area contributed by atoms with Crippen molar-refractivity contribution in [2.75, 3.05) is 0 Å². The molecule has 0 fully saturated rings. The molecule has 0 nitrogen and oxygen atoms in total. The van der Waals surface area contributed by atoms with E-state index in [2.05, 4.69) is 13.8 Å². The van der Waals surface area contributed by atoms with E-state index in [1.54, 1.807) is 0 Å². The Morgan fingerprint density at radius 2 is 1.55 bits per heavy atom. The van der Waals surface area contributed by atoms with Crippen molar-refractivity contribution in [3.8, 4) is 11.1 Å². The third-order valence-corrected chi connectivity index (χ3v) is 8.64. The van der Waals surface area contributed by atoms with Gasteiger partial charge in [-0.15, -0.1) is 0 Å². The van der Waals surface area contributed by atoms with Gasteiger partial charge in [0.05, 0.1) is 11.1 Å². The topological polar surface area (TPSA) is 0 Å². The highest BCUT2D eigenvalue weighted by atomic mass is 28.2. The first-order valence-corrected chi connectivity index (χ1v) is 11.0. The van der Waals surface area contributed by atoms with Crippen LogP contribution in [-0.4, -0.2) is 9.13 Å². The van der Waals surface area contributed by atoms with Crippen LogP contribution in [-0.2, 0) is 12.4 Å². The van der Waals surface area contributed by atoms with Crippen molar-refractivity contribution in [1.29, 1.82) is 0 Å². The van der Waals surface area contributed by atoms with E-state index in [1.165, 1.54) is 16.0 Å². The van der Waals surface area contributed by atoms with Gasteiger partial charge in [-0.3, -0.25) is 0 Å². The minimum atomic E-state index is -4.82. The lowest BCUT2D eigenvalue weighted by atomic mass is 9.93. The molecule has 152 valence electrons. The summed E-state index contributed by atoms with van der Waals surface area (Å²) in [6.45, 7) is 4.18. The fourth-order valence-corrected chi connectivity index (χ4v) is 7.46. The number of unbranched alkanes of at least 4 members (excludes halogenated alkanes) is 1. The van der Waals surface area contributed by atoms with Crippen molar-refractivity contribution >= 4 is 14.7 Å². The monoisotopic (exact) mass is 424 g/mol. The van der Waals surface area contributed by atoms with Crippen LogP contribution in [0.25, 0.3) is 16.7 Å². The van der Waals surface area contributed by atoms with Gasteiger partial charge in [-0.25, -0.2) is 0 Å². The van der Waals surface area contributed by atoms with Crippen molar-refractivity contribution in [3.05, 3.63) is 56.0 Å². The first kappa shape index (κ1) is 19.1. The van der Waals surface area contributed by atoms with E-state index >= 15 is 0 Å². The SMILES string of the molecule is CCCCC1[SiH]=c2c(C)c3c4c(-c5cc(C(F)(F)F)cc(C(F)(F)F)c5)c2=C1C34. The Kier molecular flexibility index (Phi) is 3.84. The molecule has 0 aromatic heterocycles. The molecule has 4 aliphatic rings. The molecule has 0 saturated heterocycles. The molecule has 0 radical (unpaired) electrons. The van der Waals surface area contributed by atoms with Crippen LogP contribution >= 0.6 is 0 Å². The van der Waals surface area contributed by atoms with E-state index in [1.807, 2.05) is 0 Å². The summed E-state index contributed by atoms with van der Waals surface area (Å²) >= 11 is 0. The molecule has 2 atom stereocenters. The maximum absolute atomic E-state index is 13.3. The Morgan fingerprint density at radius 3 is 2.10 bits per heavy atom. The van der Waals surface area contributed by atoms with E-state index in [0.29, 0.717) is 11.1 Å². The lowest BCUT2D eigenvalue weighted by Crippen LogP contribution is -2.14. The summed E-state index contributed by atoms with van der Waals surface area (Å²) < 4.78 is 80.1. The summed E-state index contributed by atoms with van der Waals surface area (Å²) in [6, 6.07) is 2.01. The highest BCUT2D eigenvalue weighted by molar-refractivity contribution is 6.37. The average Bonchev–Trinajstić information content (AvgIpc) is 3.14. The van der Waals surface area contributed by atoms with Crippen molar-refractivity contribution in [2.45, 2.75) is 56.9 Å². The zero-order valence-corrected chi connectivity index (χ0v) is 17.0. The van der Waals surface area contributed by atoms with E-state index in [0.717, 1.165) is 47.7 Å². The van der Waals surface area contributed by atoms with Crippen LogP contribution in [0.1, 0.15) is 59.9 Å². The number of alkyl halides is 6. The minimum Gasteiger partial charge on any atom is -0.166 e. The highest BCUT2D eigenvalue weighted by Gasteiger charge is 2.50. The summed E-state index contributed by atoms with van der Waals surface area (Å²) in [5.41, 5.74) is 3.33. The molecule has 0 amide bonds. The minimum absolute atomic E-state index is 0.0145. The molecule has 0 N–H and O–H groups in total. The van der Waals surface area contributed by atoms with Crippen LogP contribution < -0.4 is 5.22 Å². The Balaban J connectivity index is 1.75. The van der Waals surface area contributed by atoms with Crippen LogP contribution in [0.4, 0.5) is 26.3 Å². The predicted molar refractivity (Wildman–Crippen MR) is 101 cm³/mol. The maximum atomic E-state index is 13.3. The molecule has 6 bridgehead atoms. The standard InChI is InChI=1S/C22H18F6Si/c1-3-4-5-13-16-18-14-9(2)20(29-13)19(16)15(17(14)18)10-6-11(21(23,24)25)8-12(7-10)22(26,27)28/h6-8,13,18,29H,3-5H2,1-2H3. The van der Waals surface area contributed by atoms with Gasteiger partial charge < -0.3 is 0 Å². The lowest BCUT2D eigenvalue weighted by molar-refractivity contribution is -0.143. The van der Waals surface area contributed by atoms with Gasteiger partial charge in [-0.05, 0) is 80.5 Å². The van der Waals surface area contributed by atoms with Crippen molar-refractivity contribution in [3.63, 3.8) is 0 Å². The summed E-state index contributed by atoms with van der Waals surface area (Å²) in [6.07, 6.45) is -6.42. The van der Waals surface area contributed by atoms with Crippen LogP contribution in [0, 0.1) is 11.7 Å². The Morgan fingerprint density at radius 1 is 0.931 bits per heavy atom. The zero-order valence-electron chi connectivity index (χ0n) is 15.9. The summed E-state index contributed by atoms with van der Waals surface area (Å²) in [4.78, 5) is 1.22. The second-order valence-corrected chi connectivity index (χ2v) is 9.93. The average molecular weight is 424 g/mol. The van der Waals surface area contributed by atoms with E-state index in [9.17, 15) is 26.3 Å². The lowest BCUT2D eigenvalue weighted by Gasteiger charge is -2.15. The molecular weight excluding hydrogens is 406 g/mol. The zero-order chi connectivity index (χ0) is 20.9. The predicted octanol–water partition coefficient (Wildman–Crippen LogP) is 5.99. The van der Waals surface area contributed by atoms with Gasteiger partial charge in [0.15, 0.2) is 0 Å². The van der Waals surface area contributed by atoms with Crippen LogP contribution in [0.3, 0.4) is 0 Å². The number of benzene rings is 2. The Labute approximate surface area is 165 Å². The molecule has 7 heteroatoms. The van der Waals surface area contributed by atoms with E-state index < -0.39 is 23.5 Å². The maximum Gasteiger partial charge on any atom is 0.416 e. The molecule has 1 heterocycles. The second kappa shape index (κ2) is 5.83. The van der Waals surface area contributed by atoms with Crippen LogP contribution in [0.2, 0.25) is 5.54 Å². The van der Waals surface area contributed by atoms with Gasteiger partial charge in [0.1, 0.15) is 0 Å². The Hall–Kier alpha value is -1.89. The first-order chi connectivity index (χ1) is 13.5. The van der Waals surface area contributed by atoms with E-state index in [4.69, 9.17) is 0 Å². The number of rotatable bonds is 4. The molecule has 2 aromatic carbocycles. The first-order valence-electron chi connectivity index (χ1n) is 9.76. The largest absolute Gasteiger partial charge is 0.416 e. The van der Waals surface area contributed by atoms with Gasteiger partial charge >= 0.3 is 12.4 Å². The summed E-state index contributed by atoms with van der Waals surface area (Å²) in [5.74, 6) is 0.157. The number of halogens is 6. The van der Waals surface area contributed by atoms with Crippen LogP contribution in [0.5, 0.6) is 0 Å². The van der Waals surface area contributed by atoms with Crippen molar-refractivity contribution in [2.24, 2.45) is 0 Å². The van der Waals surface area contributed by atoms with Crippen molar-refractivity contribution in [1.82, 2.24) is 0 Å². The number of hydrogen-bond acceptors (Lipinski definition) is 0. The van der Waals surface area contributed by atoms with Crippen LogP contribution in [0.15, 0.2) is 18.2 Å². The fourth-order valence-electron chi connectivity index (χ4n) is 5.24. The van der Waals surface area contributed by atoms with Gasteiger partial charge in [-0.2, -0.15) is 26.3 Å². The van der Waals surface area contributed by atoms with Gasteiger partial charge in [0.2, 0.25) is 0 Å². The van der Waals surface area contributed by atoms with Gasteiger partial charge in [-0.1, -0.05) is 19.8 Å². The molecule has 0 spiro atoms. The molecule has 3 aliphatic carbocycles. The molecule has 1 aliphatic heterocycles. The highest BCUT2D eigenvalue weighted by Crippen LogP contribution is 2.63. The van der Waals surface area contributed by atoms with Gasteiger partial charge in [0.25, 0.3) is 0 Å². The summed E-state index contributed by atoms with van der Waals surface area (Å²) in [5, 5.41) is 0.987. The second-order valence-electron chi connectivity index (χ2n) is 8.21. The molecule has 6 rings (SSSR count). The molecule has 2 unspecified atom stereocenters. The fraction of sp³-hybridized carbons (Fsp3) is 0.409.